The summed E-state index contributed by atoms with van der Waals surface area (Å²) in [5.41, 5.74) is 1.89. The molecule has 0 saturated heterocycles. The summed E-state index contributed by atoms with van der Waals surface area (Å²) in [7, 11) is 2.55. The van der Waals surface area contributed by atoms with E-state index in [0.717, 1.165) is 11.3 Å². The number of methoxy groups -OCH3 is 2. The van der Waals surface area contributed by atoms with E-state index in [2.05, 4.69) is 17.3 Å². The molecule has 4 rings (SSSR count). The van der Waals surface area contributed by atoms with Gasteiger partial charge in [0.25, 0.3) is 0 Å². The first-order valence-corrected chi connectivity index (χ1v) is 9.57. The second-order valence-electron chi connectivity index (χ2n) is 7.75. The summed E-state index contributed by atoms with van der Waals surface area (Å²) in [4.78, 5) is 30.2. The number of carbonyl (C=O) groups excluding carboxylic acids is 2. The van der Waals surface area contributed by atoms with Gasteiger partial charge in [-0.25, -0.2) is 0 Å². The van der Waals surface area contributed by atoms with Crippen LogP contribution in [0, 0.1) is 23.7 Å². The first kappa shape index (κ1) is 18.0. The summed E-state index contributed by atoms with van der Waals surface area (Å²) < 4.78 is 9.64. The lowest BCUT2D eigenvalue weighted by Gasteiger charge is -2.40. The van der Waals surface area contributed by atoms with E-state index < -0.39 is 17.9 Å². The number of ether oxygens (including phenoxy) is 2. The molecule has 2 aliphatic carbocycles. The van der Waals surface area contributed by atoms with Crippen LogP contribution in [0.2, 0.25) is 0 Å². The van der Waals surface area contributed by atoms with Crippen LogP contribution >= 0.6 is 0 Å². The molecule has 0 amide bonds. The minimum Gasteiger partial charge on any atom is -0.468 e. The standard InChI is InChI=1S/C21H25NO5/c1-25-20(23)15(21(24)26-2)11-16-17(12-6-4-3-5-7-12)18-13-8-9-14(10-13)19(18)27-22-16/h3-7,13-15,17-19H,8-11H2,1-2H3/t13-,14+,17+,18-,19-/m1/s1. The van der Waals surface area contributed by atoms with Crippen LogP contribution in [0.15, 0.2) is 35.5 Å². The molecular weight excluding hydrogens is 346 g/mol. The number of esters is 2. The molecule has 1 aromatic carbocycles. The Morgan fingerprint density at radius 2 is 1.78 bits per heavy atom. The molecule has 5 atom stereocenters. The van der Waals surface area contributed by atoms with E-state index >= 15 is 0 Å². The van der Waals surface area contributed by atoms with Crippen molar-refractivity contribution in [2.45, 2.75) is 37.7 Å². The molecule has 2 saturated carbocycles. The number of rotatable bonds is 5. The van der Waals surface area contributed by atoms with Gasteiger partial charge in [0, 0.05) is 18.3 Å². The first-order chi connectivity index (χ1) is 13.1. The number of carbonyl (C=O) groups is 2. The van der Waals surface area contributed by atoms with Crippen LogP contribution in [0.1, 0.15) is 37.2 Å². The third-order valence-corrected chi connectivity index (χ3v) is 6.48. The third kappa shape index (κ3) is 3.11. The summed E-state index contributed by atoms with van der Waals surface area (Å²) in [6.45, 7) is 0. The lowest BCUT2D eigenvalue weighted by atomic mass is 9.70. The van der Waals surface area contributed by atoms with Gasteiger partial charge in [0.15, 0.2) is 5.92 Å². The Kier molecular flexibility index (Phi) is 4.89. The molecule has 0 spiro atoms. The number of fused-ring (bicyclic) bond motifs is 5. The Hall–Kier alpha value is -2.37. The van der Waals surface area contributed by atoms with Crippen molar-refractivity contribution in [3.05, 3.63) is 35.9 Å². The van der Waals surface area contributed by atoms with Gasteiger partial charge < -0.3 is 14.3 Å². The van der Waals surface area contributed by atoms with Crippen LogP contribution in [0.25, 0.3) is 0 Å². The van der Waals surface area contributed by atoms with E-state index in [1.165, 1.54) is 33.5 Å². The Balaban J connectivity index is 1.68. The zero-order valence-electron chi connectivity index (χ0n) is 15.7. The summed E-state index contributed by atoms with van der Waals surface area (Å²) in [5.74, 6) is -0.674. The van der Waals surface area contributed by atoms with Gasteiger partial charge in [-0.15, -0.1) is 0 Å². The molecule has 0 N–H and O–H groups in total. The Labute approximate surface area is 158 Å². The van der Waals surface area contributed by atoms with E-state index in [4.69, 9.17) is 14.3 Å². The Morgan fingerprint density at radius 1 is 1.11 bits per heavy atom. The van der Waals surface area contributed by atoms with E-state index in [9.17, 15) is 9.59 Å². The van der Waals surface area contributed by atoms with E-state index in [0.29, 0.717) is 17.8 Å². The van der Waals surface area contributed by atoms with Gasteiger partial charge in [-0.1, -0.05) is 35.5 Å². The zero-order chi connectivity index (χ0) is 19.0. The second kappa shape index (κ2) is 7.33. The lowest BCUT2D eigenvalue weighted by molar-refractivity contribution is -0.158. The molecule has 0 radical (unpaired) electrons. The maximum atomic E-state index is 12.2. The first-order valence-electron chi connectivity index (χ1n) is 9.57. The van der Waals surface area contributed by atoms with Crippen molar-refractivity contribution in [1.29, 1.82) is 0 Å². The van der Waals surface area contributed by atoms with E-state index in [-0.39, 0.29) is 18.4 Å². The molecule has 1 aromatic rings. The van der Waals surface area contributed by atoms with Gasteiger partial charge in [-0.05, 0) is 36.7 Å². The molecule has 2 fully saturated rings. The fourth-order valence-electron chi connectivity index (χ4n) is 5.30. The van der Waals surface area contributed by atoms with Crippen molar-refractivity contribution >= 4 is 17.7 Å². The Bertz CT molecular complexity index is 730. The number of hydrogen-bond donors (Lipinski definition) is 0. The van der Waals surface area contributed by atoms with E-state index in [1.54, 1.807) is 0 Å². The monoisotopic (exact) mass is 371 g/mol. The van der Waals surface area contributed by atoms with Crippen molar-refractivity contribution in [2.75, 3.05) is 14.2 Å². The summed E-state index contributed by atoms with van der Waals surface area (Å²) >= 11 is 0. The number of nitrogens with zero attached hydrogens (tertiary/aromatic N) is 1. The minimum atomic E-state index is -1.02. The predicted octanol–water partition coefficient (Wildman–Crippen LogP) is 2.92. The van der Waals surface area contributed by atoms with Crippen molar-refractivity contribution in [1.82, 2.24) is 0 Å². The molecule has 6 heteroatoms. The average Bonchev–Trinajstić information content (AvgIpc) is 3.33. The summed E-state index contributed by atoms with van der Waals surface area (Å²) in [5, 5.41) is 4.42. The molecule has 2 bridgehead atoms. The van der Waals surface area contributed by atoms with Crippen molar-refractivity contribution < 1.29 is 23.9 Å². The van der Waals surface area contributed by atoms with Crippen molar-refractivity contribution in [3.63, 3.8) is 0 Å². The average molecular weight is 371 g/mol. The highest BCUT2D eigenvalue weighted by molar-refractivity contribution is 6.02. The van der Waals surface area contributed by atoms with Gasteiger partial charge in [0.1, 0.15) is 6.10 Å². The highest BCUT2D eigenvalue weighted by Crippen LogP contribution is 2.56. The quantitative estimate of drug-likeness (QED) is 0.588. The smallest absolute Gasteiger partial charge is 0.320 e. The van der Waals surface area contributed by atoms with Crippen LogP contribution in [0.3, 0.4) is 0 Å². The van der Waals surface area contributed by atoms with Gasteiger partial charge in [-0.2, -0.15) is 0 Å². The fraction of sp³-hybridized carbons (Fsp3) is 0.571. The summed E-state index contributed by atoms with van der Waals surface area (Å²) in [6, 6.07) is 10.2. The second-order valence-corrected chi connectivity index (χ2v) is 7.75. The minimum absolute atomic E-state index is 0.0528. The molecule has 0 aromatic heterocycles. The maximum Gasteiger partial charge on any atom is 0.320 e. The van der Waals surface area contributed by atoms with Crippen LogP contribution in [0.5, 0.6) is 0 Å². The lowest BCUT2D eigenvalue weighted by Crippen LogP contribution is -2.42. The van der Waals surface area contributed by atoms with Gasteiger partial charge >= 0.3 is 11.9 Å². The molecule has 6 nitrogen and oxygen atoms in total. The van der Waals surface area contributed by atoms with Crippen molar-refractivity contribution in [2.24, 2.45) is 28.8 Å². The number of benzene rings is 1. The van der Waals surface area contributed by atoms with E-state index in [1.807, 2.05) is 18.2 Å². The van der Waals surface area contributed by atoms with Gasteiger partial charge in [0.2, 0.25) is 0 Å². The predicted molar refractivity (Wildman–Crippen MR) is 98.0 cm³/mol. The zero-order valence-corrected chi connectivity index (χ0v) is 15.7. The molecule has 0 unspecified atom stereocenters. The summed E-state index contributed by atoms with van der Waals surface area (Å²) in [6.07, 6.45) is 3.87. The van der Waals surface area contributed by atoms with Crippen LogP contribution in [-0.2, 0) is 23.9 Å². The number of oxime groups is 1. The van der Waals surface area contributed by atoms with Gasteiger partial charge in [0.05, 0.1) is 19.9 Å². The van der Waals surface area contributed by atoms with Crippen LogP contribution in [-0.4, -0.2) is 38.0 Å². The number of hydrogen-bond acceptors (Lipinski definition) is 6. The maximum absolute atomic E-state index is 12.2. The molecule has 27 heavy (non-hydrogen) atoms. The molecule has 1 heterocycles. The fourth-order valence-corrected chi connectivity index (χ4v) is 5.30. The molecule has 3 aliphatic rings. The van der Waals surface area contributed by atoms with Crippen LogP contribution in [0.4, 0.5) is 0 Å². The Morgan fingerprint density at radius 3 is 2.44 bits per heavy atom. The van der Waals surface area contributed by atoms with Crippen LogP contribution < -0.4 is 0 Å². The molecular formula is C21H25NO5. The SMILES string of the molecule is COC(=O)C(CC1=NO[C@@H]2[C@H]3CC[C@H](C3)[C@@H]2[C@H]1c1ccccc1)C(=O)OC. The van der Waals surface area contributed by atoms with Crippen molar-refractivity contribution in [3.8, 4) is 0 Å². The normalized spacial score (nSPS) is 31.1. The topological polar surface area (TPSA) is 74.2 Å². The highest BCUT2D eigenvalue weighted by Gasteiger charge is 2.55. The van der Waals surface area contributed by atoms with Gasteiger partial charge in [-0.3, -0.25) is 9.59 Å². The highest BCUT2D eigenvalue weighted by atomic mass is 16.6. The third-order valence-electron chi connectivity index (χ3n) is 6.48. The molecule has 1 aliphatic heterocycles. The molecule has 144 valence electrons. The largest absolute Gasteiger partial charge is 0.468 e.